The Morgan fingerprint density at radius 3 is 2.52 bits per heavy atom. The molecule has 3 rings (SSSR count). The van der Waals surface area contributed by atoms with Crippen molar-refractivity contribution in [1.29, 1.82) is 0 Å². The second-order valence-corrected chi connectivity index (χ2v) is 7.32. The van der Waals surface area contributed by atoms with Gasteiger partial charge in [-0.05, 0) is 25.1 Å². The monoisotopic (exact) mass is 393 g/mol. The molecule has 0 radical (unpaired) electrons. The lowest BCUT2D eigenvalue weighted by atomic mass is 10.2. The van der Waals surface area contributed by atoms with Crippen molar-refractivity contribution in [1.82, 2.24) is 13.9 Å². The highest BCUT2D eigenvalue weighted by molar-refractivity contribution is 9.09. The summed E-state index contributed by atoms with van der Waals surface area (Å²) >= 11 is 3.09. The number of carbonyl (C=O) groups is 1. The van der Waals surface area contributed by atoms with E-state index in [1.54, 1.807) is 24.3 Å². The van der Waals surface area contributed by atoms with Crippen molar-refractivity contribution in [2.45, 2.75) is 11.8 Å². The Labute approximate surface area is 141 Å². The number of aromatic nitrogens is 3. The number of hydrogen-bond acceptors (Lipinski definition) is 5. The molecule has 0 saturated carbocycles. The van der Waals surface area contributed by atoms with Crippen LogP contribution >= 0.6 is 15.9 Å². The highest BCUT2D eigenvalue weighted by Crippen LogP contribution is 2.23. The first kappa shape index (κ1) is 15.8. The van der Waals surface area contributed by atoms with Gasteiger partial charge in [0, 0.05) is 11.6 Å². The minimum atomic E-state index is -3.78. The first-order valence-electron chi connectivity index (χ1n) is 6.68. The Morgan fingerprint density at radius 2 is 1.87 bits per heavy atom. The first-order chi connectivity index (χ1) is 10.9. The maximum atomic E-state index is 12.8. The van der Waals surface area contributed by atoms with E-state index in [-0.39, 0.29) is 27.3 Å². The number of ketones is 1. The average Bonchev–Trinajstić information content (AvgIpc) is 2.99. The van der Waals surface area contributed by atoms with Gasteiger partial charge >= 0.3 is 0 Å². The second kappa shape index (κ2) is 5.86. The fourth-order valence-electron chi connectivity index (χ4n) is 2.23. The molecule has 0 N–H and O–H groups in total. The highest BCUT2D eigenvalue weighted by atomic mass is 79.9. The van der Waals surface area contributed by atoms with Crippen LogP contribution in [0.1, 0.15) is 16.1 Å². The molecule has 0 aliphatic rings. The van der Waals surface area contributed by atoms with Crippen molar-refractivity contribution in [2.24, 2.45) is 0 Å². The highest BCUT2D eigenvalue weighted by Gasteiger charge is 2.22. The molecular weight excluding hydrogens is 382 g/mol. The summed E-state index contributed by atoms with van der Waals surface area (Å²) < 4.78 is 26.6. The second-order valence-electron chi connectivity index (χ2n) is 4.95. The van der Waals surface area contributed by atoms with Crippen LogP contribution in [0, 0.1) is 6.92 Å². The third kappa shape index (κ3) is 2.68. The number of aryl methyl sites for hydroxylation is 1. The van der Waals surface area contributed by atoms with Crippen LogP contribution in [-0.2, 0) is 10.0 Å². The van der Waals surface area contributed by atoms with Crippen molar-refractivity contribution in [3.05, 3.63) is 54.1 Å². The Hall–Kier alpha value is -2.06. The van der Waals surface area contributed by atoms with Gasteiger partial charge in [-0.3, -0.25) is 4.79 Å². The topological polar surface area (TPSA) is 81.9 Å². The van der Waals surface area contributed by atoms with E-state index in [0.717, 1.165) is 9.54 Å². The van der Waals surface area contributed by atoms with Crippen molar-refractivity contribution in [3.8, 4) is 0 Å². The number of rotatable bonds is 4. The van der Waals surface area contributed by atoms with Crippen molar-refractivity contribution >= 4 is 42.8 Å². The zero-order valence-electron chi connectivity index (χ0n) is 12.1. The summed E-state index contributed by atoms with van der Waals surface area (Å²) in [5.41, 5.74) is 1.35. The summed E-state index contributed by atoms with van der Waals surface area (Å²) in [4.78, 5) is 20.0. The number of halogens is 1. The maximum Gasteiger partial charge on any atom is 0.269 e. The quantitative estimate of drug-likeness (QED) is 0.502. The van der Waals surface area contributed by atoms with E-state index >= 15 is 0 Å². The van der Waals surface area contributed by atoms with Crippen LogP contribution in [0.5, 0.6) is 0 Å². The molecule has 2 aromatic heterocycles. The number of benzene rings is 1. The largest absolute Gasteiger partial charge is 0.291 e. The molecular formula is C15H12BrN3O3S. The molecule has 0 saturated heterocycles. The number of carbonyl (C=O) groups excluding carboxylic acids is 1. The van der Waals surface area contributed by atoms with E-state index in [0.29, 0.717) is 5.39 Å². The molecule has 0 amide bonds. The van der Waals surface area contributed by atoms with Crippen LogP contribution in [0.25, 0.3) is 11.0 Å². The smallest absolute Gasteiger partial charge is 0.269 e. The van der Waals surface area contributed by atoms with Crippen molar-refractivity contribution in [3.63, 3.8) is 0 Å². The Bertz CT molecular complexity index is 994. The fraction of sp³-hybridized carbons (Fsp3) is 0.133. The molecule has 8 heteroatoms. The van der Waals surface area contributed by atoms with Gasteiger partial charge in [-0.2, -0.15) is 0 Å². The number of Topliss-reactive ketones (excluding diaryl/α,β-unsaturated/α-hetero) is 1. The summed E-state index contributed by atoms with van der Waals surface area (Å²) in [7, 11) is -3.78. The molecule has 1 aromatic carbocycles. The molecule has 3 aromatic rings. The normalized spacial score (nSPS) is 11.7. The SMILES string of the molecule is Cc1ccc(S(=O)(=O)n2ccc3c(C(=O)CBr)ncnc32)cc1. The molecule has 6 nitrogen and oxygen atoms in total. The summed E-state index contributed by atoms with van der Waals surface area (Å²) in [6, 6.07) is 8.09. The first-order valence-corrected chi connectivity index (χ1v) is 9.25. The number of alkyl halides is 1. The van der Waals surface area contributed by atoms with Gasteiger partial charge < -0.3 is 0 Å². The third-order valence-electron chi connectivity index (χ3n) is 3.41. The molecule has 118 valence electrons. The molecule has 0 unspecified atom stereocenters. The molecule has 0 atom stereocenters. The molecule has 0 bridgehead atoms. The van der Waals surface area contributed by atoms with E-state index in [2.05, 4.69) is 25.9 Å². The molecule has 0 spiro atoms. The minimum Gasteiger partial charge on any atom is -0.291 e. The van der Waals surface area contributed by atoms with E-state index in [9.17, 15) is 13.2 Å². The molecule has 23 heavy (non-hydrogen) atoms. The molecule has 0 aliphatic heterocycles. The van der Waals surface area contributed by atoms with Gasteiger partial charge in [-0.1, -0.05) is 33.6 Å². The average molecular weight is 394 g/mol. The maximum absolute atomic E-state index is 12.8. The lowest BCUT2D eigenvalue weighted by Crippen LogP contribution is -2.13. The van der Waals surface area contributed by atoms with Gasteiger partial charge in [0.15, 0.2) is 11.4 Å². The van der Waals surface area contributed by atoms with Gasteiger partial charge in [0.25, 0.3) is 10.0 Å². The summed E-state index contributed by atoms with van der Waals surface area (Å²) in [5.74, 6) is -0.233. The van der Waals surface area contributed by atoms with Gasteiger partial charge in [-0.15, -0.1) is 0 Å². The third-order valence-corrected chi connectivity index (χ3v) is 5.60. The molecule has 0 aliphatic carbocycles. The zero-order valence-corrected chi connectivity index (χ0v) is 14.5. The summed E-state index contributed by atoms with van der Waals surface area (Å²) in [6.45, 7) is 1.88. The fourth-order valence-corrected chi connectivity index (χ4v) is 3.80. The number of nitrogens with zero attached hydrogens (tertiary/aromatic N) is 3. The van der Waals surface area contributed by atoms with Crippen LogP contribution in [0.3, 0.4) is 0 Å². The lowest BCUT2D eigenvalue weighted by molar-refractivity contribution is 0.102. The Kier molecular flexibility index (Phi) is 4.03. The Morgan fingerprint density at radius 1 is 1.17 bits per heavy atom. The van der Waals surface area contributed by atoms with Crippen LogP contribution in [0.4, 0.5) is 0 Å². The van der Waals surface area contributed by atoms with Gasteiger partial charge in [0.05, 0.1) is 10.2 Å². The van der Waals surface area contributed by atoms with Crippen LogP contribution in [0.15, 0.2) is 47.8 Å². The number of fused-ring (bicyclic) bond motifs is 1. The number of hydrogen-bond donors (Lipinski definition) is 0. The lowest BCUT2D eigenvalue weighted by Gasteiger charge is -2.07. The van der Waals surface area contributed by atoms with Crippen molar-refractivity contribution < 1.29 is 13.2 Å². The minimum absolute atomic E-state index is 0.106. The van der Waals surface area contributed by atoms with Gasteiger partial charge in [0.2, 0.25) is 0 Å². The van der Waals surface area contributed by atoms with Gasteiger partial charge in [-0.25, -0.2) is 22.4 Å². The molecule has 2 heterocycles. The van der Waals surface area contributed by atoms with E-state index in [1.807, 2.05) is 6.92 Å². The zero-order chi connectivity index (χ0) is 16.6. The van der Waals surface area contributed by atoms with Crippen LogP contribution < -0.4 is 0 Å². The predicted octanol–water partition coefficient (Wildman–Crippen LogP) is 2.55. The van der Waals surface area contributed by atoms with E-state index < -0.39 is 10.0 Å². The van der Waals surface area contributed by atoms with Crippen LogP contribution in [-0.4, -0.2) is 33.5 Å². The predicted molar refractivity (Wildman–Crippen MR) is 89.4 cm³/mol. The van der Waals surface area contributed by atoms with Gasteiger partial charge in [0.1, 0.15) is 12.0 Å². The standard InChI is InChI=1S/C15H12BrN3O3S/c1-10-2-4-11(5-3-10)23(21,22)19-7-6-12-14(13(20)8-16)17-9-18-15(12)19/h2-7,9H,8H2,1H3. The van der Waals surface area contributed by atoms with Crippen molar-refractivity contribution in [2.75, 3.05) is 5.33 Å². The van der Waals surface area contributed by atoms with E-state index in [4.69, 9.17) is 0 Å². The van der Waals surface area contributed by atoms with Crippen LogP contribution in [0.2, 0.25) is 0 Å². The molecule has 0 fully saturated rings. The van der Waals surface area contributed by atoms with E-state index in [1.165, 1.54) is 18.6 Å². The summed E-state index contributed by atoms with van der Waals surface area (Å²) in [6.07, 6.45) is 2.58. The Balaban J connectivity index is 2.21. The summed E-state index contributed by atoms with van der Waals surface area (Å²) in [5, 5.41) is 0.516.